The molecule has 1 heterocycles. The molecule has 1 aromatic heterocycles. The minimum Gasteiger partial charge on any atom is -0.381 e. The largest absolute Gasteiger partial charge is 0.381 e. The van der Waals surface area contributed by atoms with Crippen LogP contribution in [-0.4, -0.2) is 10.6 Å². The number of hydrogen-bond acceptors (Lipinski definition) is 2. The Hall–Kier alpha value is -2.55. The number of benzene rings is 2. The Bertz CT molecular complexity index is 937. The van der Waals surface area contributed by atoms with Gasteiger partial charge in [0.15, 0.2) is 0 Å². The number of nitrogens with zero attached hydrogens (tertiary/aromatic N) is 1. The van der Waals surface area contributed by atoms with E-state index in [9.17, 15) is 4.79 Å². The van der Waals surface area contributed by atoms with E-state index in [1.807, 2.05) is 60.0 Å². The molecule has 0 spiro atoms. The minimum absolute atomic E-state index is 0.0585. The van der Waals surface area contributed by atoms with Crippen LogP contribution in [0, 0.1) is 6.92 Å². The highest BCUT2D eigenvalue weighted by atomic mass is 16.1. The number of rotatable bonds is 3. The van der Waals surface area contributed by atoms with Gasteiger partial charge in [0, 0.05) is 22.7 Å². The average molecular weight is 332 g/mol. The second-order valence-electron chi connectivity index (χ2n) is 6.97. The highest BCUT2D eigenvalue weighted by molar-refractivity contribution is 5.94. The average Bonchev–Trinajstić information content (AvgIpc) is 2.67. The molecule has 25 heavy (non-hydrogen) atoms. The molecule has 0 atom stereocenters. The highest BCUT2D eigenvalue weighted by Crippen LogP contribution is 2.29. The van der Waals surface area contributed by atoms with Crippen molar-refractivity contribution in [2.75, 3.05) is 5.32 Å². The van der Waals surface area contributed by atoms with E-state index in [1.165, 1.54) is 32.1 Å². The summed E-state index contributed by atoms with van der Waals surface area (Å²) in [5.74, 6) is 0. The van der Waals surface area contributed by atoms with Crippen molar-refractivity contribution in [3.8, 4) is 5.69 Å². The molecule has 0 unspecified atom stereocenters. The summed E-state index contributed by atoms with van der Waals surface area (Å²) in [5.41, 5.74) is 3.75. The molecule has 1 aliphatic carbocycles. The van der Waals surface area contributed by atoms with Crippen LogP contribution in [0.15, 0.2) is 59.4 Å². The molecular weight excluding hydrogens is 308 g/mol. The first-order valence-corrected chi connectivity index (χ1v) is 9.22. The third-order valence-electron chi connectivity index (χ3n) is 5.28. The summed E-state index contributed by atoms with van der Waals surface area (Å²) < 4.78 is 1.83. The molecule has 2 aromatic carbocycles. The predicted octanol–water partition coefficient (Wildman–Crippen LogP) is 5.04. The van der Waals surface area contributed by atoms with Gasteiger partial charge in [-0.15, -0.1) is 0 Å². The lowest BCUT2D eigenvalue weighted by atomic mass is 9.94. The van der Waals surface area contributed by atoms with E-state index >= 15 is 0 Å². The number of fused-ring (bicyclic) bond motifs is 1. The van der Waals surface area contributed by atoms with Crippen molar-refractivity contribution in [1.82, 2.24) is 4.57 Å². The van der Waals surface area contributed by atoms with Crippen molar-refractivity contribution in [2.45, 2.75) is 45.1 Å². The monoisotopic (exact) mass is 332 g/mol. The van der Waals surface area contributed by atoms with Crippen molar-refractivity contribution < 1.29 is 0 Å². The summed E-state index contributed by atoms with van der Waals surface area (Å²) >= 11 is 0. The summed E-state index contributed by atoms with van der Waals surface area (Å²) in [6.07, 6.45) is 6.25. The van der Waals surface area contributed by atoms with Gasteiger partial charge in [-0.2, -0.15) is 0 Å². The zero-order chi connectivity index (χ0) is 17.2. The molecule has 0 amide bonds. The number of nitrogens with one attached hydrogen (secondary N) is 1. The molecule has 3 heteroatoms. The van der Waals surface area contributed by atoms with Crippen molar-refractivity contribution in [2.24, 2.45) is 0 Å². The second-order valence-corrected chi connectivity index (χ2v) is 6.97. The van der Waals surface area contributed by atoms with Gasteiger partial charge >= 0.3 is 0 Å². The van der Waals surface area contributed by atoms with Crippen LogP contribution >= 0.6 is 0 Å². The van der Waals surface area contributed by atoms with Gasteiger partial charge in [0.2, 0.25) is 0 Å². The standard InChI is InChI=1S/C22H24N2O/c1-16-21(23-17-10-4-2-5-11-17)19-14-8-9-15-20(19)24(22(16)25)18-12-6-3-7-13-18/h3,6-9,12-15,17,23H,2,4-5,10-11H2,1H3. The summed E-state index contributed by atoms with van der Waals surface area (Å²) in [5, 5.41) is 4.82. The van der Waals surface area contributed by atoms with Crippen LogP contribution in [0.1, 0.15) is 37.7 Å². The van der Waals surface area contributed by atoms with Gasteiger partial charge in [-0.05, 0) is 38.0 Å². The van der Waals surface area contributed by atoms with Gasteiger partial charge in [-0.1, -0.05) is 55.7 Å². The van der Waals surface area contributed by atoms with E-state index in [-0.39, 0.29) is 5.56 Å². The van der Waals surface area contributed by atoms with Crippen LogP contribution in [0.4, 0.5) is 5.69 Å². The van der Waals surface area contributed by atoms with Crippen LogP contribution in [0.25, 0.3) is 16.6 Å². The number of hydrogen-bond donors (Lipinski definition) is 1. The molecule has 0 saturated heterocycles. The minimum atomic E-state index is 0.0585. The van der Waals surface area contributed by atoms with Gasteiger partial charge in [0.1, 0.15) is 0 Å². The van der Waals surface area contributed by atoms with Crippen molar-refractivity contribution in [1.29, 1.82) is 0 Å². The Morgan fingerprint density at radius 2 is 1.60 bits per heavy atom. The van der Waals surface area contributed by atoms with Gasteiger partial charge in [0.05, 0.1) is 11.2 Å². The molecule has 0 aliphatic heterocycles. The van der Waals surface area contributed by atoms with Gasteiger partial charge < -0.3 is 5.32 Å². The second kappa shape index (κ2) is 6.75. The van der Waals surface area contributed by atoms with Crippen molar-refractivity contribution in [3.05, 3.63) is 70.5 Å². The van der Waals surface area contributed by atoms with Gasteiger partial charge in [0.25, 0.3) is 5.56 Å². The SMILES string of the molecule is Cc1c(NC2CCCCC2)c2ccccc2n(-c2ccccc2)c1=O. The zero-order valence-corrected chi connectivity index (χ0v) is 14.7. The quantitative estimate of drug-likeness (QED) is 0.729. The molecule has 0 radical (unpaired) electrons. The Balaban J connectivity index is 1.91. The number of pyridine rings is 1. The molecule has 1 aliphatic rings. The Morgan fingerprint density at radius 3 is 2.36 bits per heavy atom. The van der Waals surface area contributed by atoms with E-state index in [0.717, 1.165) is 27.8 Å². The molecule has 1 fully saturated rings. The predicted molar refractivity (Wildman–Crippen MR) is 105 cm³/mol. The van der Waals surface area contributed by atoms with Gasteiger partial charge in [-0.3, -0.25) is 9.36 Å². The molecule has 1 N–H and O–H groups in total. The van der Waals surface area contributed by atoms with E-state index in [2.05, 4.69) is 11.4 Å². The molecule has 3 aromatic rings. The van der Waals surface area contributed by atoms with Crippen LogP contribution in [-0.2, 0) is 0 Å². The van der Waals surface area contributed by atoms with Crippen LogP contribution in [0.3, 0.4) is 0 Å². The Morgan fingerprint density at radius 1 is 0.920 bits per heavy atom. The summed E-state index contributed by atoms with van der Waals surface area (Å²) in [6, 6.07) is 18.6. The third-order valence-corrected chi connectivity index (χ3v) is 5.28. The third kappa shape index (κ3) is 2.95. The fraction of sp³-hybridized carbons (Fsp3) is 0.318. The first kappa shape index (κ1) is 15.9. The van der Waals surface area contributed by atoms with Crippen molar-refractivity contribution >= 4 is 16.6 Å². The molecule has 0 bridgehead atoms. The smallest absolute Gasteiger partial charge is 0.260 e. The van der Waals surface area contributed by atoms with E-state index < -0.39 is 0 Å². The lowest BCUT2D eigenvalue weighted by Crippen LogP contribution is -2.27. The topological polar surface area (TPSA) is 34.0 Å². The molecule has 128 valence electrons. The first-order chi connectivity index (χ1) is 12.3. The lowest BCUT2D eigenvalue weighted by Gasteiger charge is -2.26. The summed E-state index contributed by atoms with van der Waals surface area (Å²) in [4.78, 5) is 13.2. The number of anilines is 1. The number of aromatic nitrogens is 1. The summed E-state index contributed by atoms with van der Waals surface area (Å²) in [6.45, 7) is 1.94. The fourth-order valence-corrected chi connectivity index (χ4v) is 3.94. The molecular formula is C22H24N2O. The maximum absolute atomic E-state index is 13.2. The fourth-order valence-electron chi connectivity index (χ4n) is 3.94. The molecule has 1 saturated carbocycles. The van der Waals surface area contributed by atoms with E-state index in [1.54, 1.807) is 0 Å². The molecule has 4 rings (SSSR count). The Kier molecular flexibility index (Phi) is 4.31. The lowest BCUT2D eigenvalue weighted by molar-refractivity contribution is 0.463. The Labute approximate surface area is 148 Å². The van der Waals surface area contributed by atoms with E-state index in [0.29, 0.717) is 6.04 Å². The first-order valence-electron chi connectivity index (χ1n) is 9.22. The maximum Gasteiger partial charge on any atom is 0.260 e. The van der Waals surface area contributed by atoms with Gasteiger partial charge in [-0.25, -0.2) is 0 Å². The van der Waals surface area contributed by atoms with Crippen LogP contribution < -0.4 is 10.9 Å². The van der Waals surface area contributed by atoms with Crippen LogP contribution in [0.2, 0.25) is 0 Å². The van der Waals surface area contributed by atoms with Crippen LogP contribution in [0.5, 0.6) is 0 Å². The van der Waals surface area contributed by atoms with Crippen molar-refractivity contribution in [3.63, 3.8) is 0 Å². The van der Waals surface area contributed by atoms with E-state index in [4.69, 9.17) is 0 Å². The molecule has 3 nitrogen and oxygen atoms in total. The number of para-hydroxylation sites is 2. The zero-order valence-electron chi connectivity index (χ0n) is 14.7. The normalized spacial score (nSPS) is 15.4. The maximum atomic E-state index is 13.2. The summed E-state index contributed by atoms with van der Waals surface area (Å²) in [7, 11) is 0. The highest BCUT2D eigenvalue weighted by Gasteiger charge is 2.19.